The number of halogens is 2. The molecule has 2 heterocycles. The van der Waals surface area contributed by atoms with E-state index in [0.717, 1.165) is 6.07 Å². The number of benzene rings is 2. The average molecular weight is 576 g/mol. The number of hydrogen-bond donors (Lipinski definition) is 2. The van der Waals surface area contributed by atoms with Crippen molar-refractivity contribution in [2.24, 2.45) is 0 Å². The zero-order chi connectivity index (χ0) is 29.1. The lowest BCUT2D eigenvalue weighted by Crippen LogP contribution is -2.36. The highest BCUT2D eigenvalue weighted by atomic mass is 32.3. The van der Waals surface area contributed by atoms with E-state index < -0.39 is 28.0 Å². The Morgan fingerprint density at radius 2 is 1.80 bits per heavy atom. The molecule has 8 nitrogen and oxygen atoms in total. The minimum atomic E-state index is -1.30. The van der Waals surface area contributed by atoms with Crippen molar-refractivity contribution in [3.63, 3.8) is 0 Å². The van der Waals surface area contributed by atoms with Gasteiger partial charge in [0.1, 0.15) is 23.0 Å². The minimum absolute atomic E-state index is 0.0238. The molecule has 1 unspecified atom stereocenters. The molecule has 1 fully saturated rings. The highest BCUT2D eigenvalue weighted by Crippen LogP contribution is 2.53. The number of rotatable bonds is 9. The molecule has 0 spiro atoms. The summed E-state index contributed by atoms with van der Waals surface area (Å²) in [7, 11) is -1.30. The van der Waals surface area contributed by atoms with Gasteiger partial charge in [-0.25, -0.2) is 13.8 Å². The zero-order valence-electron chi connectivity index (χ0n) is 24.0. The number of morpholine rings is 1. The van der Waals surface area contributed by atoms with Gasteiger partial charge in [-0.3, -0.25) is 9.78 Å². The van der Waals surface area contributed by atoms with Crippen LogP contribution in [0.15, 0.2) is 36.5 Å². The summed E-state index contributed by atoms with van der Waals surface area (Å²) in [5.74, 6) is -0.897. The number of nitrogens with zero attached hydrogens (tertiary/aromatic N) is 3. The first kappa shape index (κ1) is 30.0. The molecule has 1 saturated heterocycles. The first-order valence-electron chi connectivity index (χ1n) is 13.4. The largest absolute Gasteiger partial charge is 0.378 e. The van der Waals surface area contributed by atoms with Gasteiger partial charge in [-0.05, 0) is 49.3 Å². The highest BCUT2D eigenvalue weighted by molar-refractivity contribution is 8.29. The summed E-state index contributed by atoms with van der Waals surface area (Å²) < 4.78 is 39.5. The van der Waals surface area contributed by atoms with Crippen LogP contribution >= 0.6 is 10.3 Å². The maximum Gasteiger partial charge on any atom is 0.251 e. The Hall–Kier alpha value is -3.02. The molecule has 0 radical (unpaired) electrons. The van der Waals surface area contributed by atoms with Crippen LogP contribution < -0.4 is 15.5 Å². The maximum absolute atomic E-state index is 13.9. The van der Waals surface area contributed by atoms with Crippen molar-refractivity contribution < 1.29 is 22.5 Å². The molecule has 2 aromatic carbocycles. The van der Waals surface area contributed by atoms with Crippen molar-refractivity contribution in [2.45, 2.75) is 38.5 Å². The number of amides is 1. The van der Waals surface area contributed by atoms with Crippen molar-refractivity contribution in [1.82, 2.24) is 15.3 Å². The van der Waals surface area contributed by atoms with Crippen molar-refractivity contribution in [3.05, 3.63) is 59.3 Å². The number of carbonyl (C=O) groups excluding carboxylic acids is 1. The molecule has 0 aliphatic carbocycles. The fourth-order valence-corrected chi connectivity index (χ4v) is 4.98. The second kappa shape index (κ2) is 12.2. The summed E-state index contributed by atoms with van der Waals surface area (Å²) in [5.41, 5.74) is 2.45. The van der Waals surface area contributed by atoms with Crippen LogP contribution in [0.3, 0.4) is 0 Å². The molecule has 4 rings (SSSR count). The van der Waals surface area contributed by atoms with E-state index in [9.17, 15) is 13.6 Å². The number of carbonyl (C=O) groups is 1. The second-order valence-electron chi connectivity index (χ2n) is 11.2. The Kier molecular flexibility index (Phi) is 9.16. The summed E-state index contributed by atoms with van der Waals surface area (Å²) >= 11 is 0. The summed E-state index contributed by atoms with van der Waals surface area (Å²) in [6.45, 7) is 11.6. The highest BCUT2D eigenvalue weighted by Gasteiger charge is 2.28. The second-order valence-corrected chi connectivity index (χ2v) is 15.1. The quantitative estimate of drug-likeness (QED) is 0.329. The Balaban J connectivity index is 1.60. The van der Waals surface area contributed by atoms with Crippen LogP contribution in [-0.2, 0) is 8.92 Å². The molecule has 0 bridgehead atoms. The van der Waals surface area contributed by atoms with Crippen molar-refractivity contribution in [3.8, 4) is 0 Å². The first-order valence-corrected chi connectivity index (χ1v) is 15.7. The predicted octanol–water partition coefficient (Wildman–Crippen LogP) is 5.44. The van der Waals surface area contributed by atoms with Gasteiger partial charge in [0.05, 0.1) is 37.2 Å². The SMILES string of the molecule is CC(Nc1cc(C(=O)NCCOS(C)(C)C(C)(C)C)cc2ncc(N3CCOCC3)nc12)c1cc(F)cc(F)c1. The van der Waals surface area contributed by atoms with Gasteiger partial charge in [0.2, 0.25) is 0 Å². The van der Waals surface area contributed by atoms with E-state index in [2.05, 4.69) is 53.8 Å². The van der Waals surface area contributed by atoms with Crippen LogP contribution in [0.25, 0.3) is 11.0 Å². The fraction of sp³-hybridized carbons (Fsp3) is 0.483. The van der Waals surface area contributed by atoms with Crippen LogP contribution in [0.2, 0.25) is 0 Å². The van der Waals surface area contributed by atoms with Gasteiger partial charge < -0.3 is 24.5 Å². The molecule has 1 atom stereocenters. The molecule has 2 N–H and O–H groups in total. The smallest absolute Gasteiger partial charge is 0.251 e. The van der Waals surface area contributed by atoms with Gasteiger partial charge in [0.15, 0.2) is 0 Å². The molecule has 1 amide bonds. The normalized spacial score (nSPS) is 15.7. The zero-order valence-corrected chi connectivity index (χ0v) is 24.8. The molecular weight excluding hydrogens is 536 g/mol. The fourth-order valence-electron chi connectivity index (χ4n) is 4.13. The standard InChI is InChI=1S/C29H39F2N5O3S/c1-19(20-13-22(30)17-23(31)14-20)34-25-16-21(28(37)32-7-10-39-40(5,6)29(2,3)4)15-24-27(25)35-26(18-33-24)36-8-11-38-12-9-36/h13-19,34H,7-12H2,1-6H3,(H,32,37). The number of anilines is 2. The van der Waals surface area contributed by atoms with Gasteiger partial charge in [-0.15, -0.1) is 10.3 Å². The van der Waals surface area contributed by atoms with E-state index in [0.29, 0.717) is 73.1 Å². The molecule has 1 aliphatic rings. The molecule has 1 aromatic heterocycles. The third-order valence-corrected chi connectivity index (χ3v) is 10.9. The lowest BCUT2D eigenvalue weighted by atomic mass is 10.1. The Morgan fingerprint density at radius 3 is 2.45 bits per heavy atom. The molecule has 40 heavy (non-hydrogen) atoms. The third kappa shape index (κ3) is 7.18. The van der Waals surface area contributed by atoms with E-state index in [1.54, 1.807) is 25.3 Å². The molecule has 1 aliphatic heterocycles. The van der Waals surface area contributed by atoms with Crippen molar-refractivity contribution >= 4 is 38.8 Å². The number of fused-ring (bicyclic) bond motifs is 1. The van der Waals surface area contributed by atoms with Crippen molar-refractivity contribution in [1.29, 1.82) is 0 Å². The summed E-state index contributed by atoms with van der Waals surface area (Å²) in [6, 6.07) is 6.33. The van der Waals surface area contributed by atoms with Gasteiger partial charge in [0, 0.05) is 42.1 Å². The minimum Gasteiger partial charge on any atom is -0.378 e. The molecule has 0 saturated carbocycles. The van der Waals surface area contributed by atoms with E-state index >= 15 is 0 Å². The van der Waals surface area contributed by atoms with E-state index in [4.69, 9.17) is 13.9 Å². The maximum atomic E-state index is 13.9. The van der Waals surface area contributed by atoms with Crippen LogP contribution in [0, 0.1) is 11.6 Å². The van der Waals surface area contributed by atoms with Gasteiger partial charge >= 0.3 is 0 Å². The lowest BCUT2D eigenvalue weighted by molar-refractivity contribution is 0.0948. The summed E-state index contributed by atoms with van der Waals surface area (Å²) in [4.78, 5) is 24.7. The number of ether oxygens (including phenoxy) is 1. The van der Waals surface area contributed by atoms with Crippen LogP contribution in [0.5, 0.6) is 0 Å². The summed E-state index contributed by atoms with van der Waals surface area (Å²) in [5, 5.41) is 6.23. The predicted molar refractivity (Wildman–Crippen MR) is 158 cm³/mol. The van der Waals surface area contributed by atoms with Crippen LogP contribution in [0.1, 0.15) is 49.7 Å². The van der Waals surface area contributed by atoms with Gasteiger partial charge in [-0.1, -0.05) is 20.8 Å². The number of nitrogens with one attached hydrogen (secondary N) is 2. The monoisotopic (exact) mass is 575 g/mol. The molecule has 3 aromatic rings. The number of aromatic nitrogens is 2. The third-order valence-electron chi connectivity index (χ3n) is 7.23. The Morgan fingerprint density at radius 1 is 1.12 bits per heavy atom. The van der Waals surface area contributed by atoms with Crippen molar-refractivity contribution in [2.75, 3.05) is 62.2 Å². The Bertz CT molecular complexity index is 1340. The summed E-state index contributed by atoms with van der Waals surface area (Å²) in [6.07, 6.45) is 5.92. The topological polar surface area (TPSA) is 88.6 Å². The molecular formula is C29H39F2N5O3S. The Labute approximate surface area is 236 Å². The molecule has 11 heteroatoms. The van der Waals surface area contributed by atoms with Gasteiger partial charge in [0.25, 0.3) is 5.91 Å². The molecule has 218 valence electrons. The lowest BCUT2D eigenvalue weighted by Gasteiger charge is -2.43. The van der Waals surface area contributed by atoms with E-state index in [1.165, 1.54) is 12.1 Å². The first-order chi connectivity index (χ1) is 18.8. The van der Waals surface area contributed by atoms with E-state index in [1.807, 2.05) is 0 Å². The number of hydrogen-bond acceptors (Lipinski definition) is 7. The van der Waals surface area contributed by atoms with E-state index in [-0.39, 0.29) is 10.7 Å². The van der Waals surface area contributed by atoms with Crippen LogP contribution in [-0.4, -0.2) is 72.6 Å². The van der Waals surface area contributed by atoms with Crippen LogP contribution in [0.4, 0.5) is 20.3 Å². The van der Waals surface area contributed by atoms with Gasteiger partial charge in [-0.2, -0.15) is 0 Å². The average Bonchev–Trinajstić information content (AvgIpc) is 2.90.